The summed E-state index contributed by atoms with van der Waals surface area (Å²) in [6.07, 6.45) is 1.52. The smallest absolute Gasteiger partial charge is 0.262 e. The van der Waals surface area contributed by atoms with Crippen LogP contribution in [0.1, 0.15) is 43.6 Å². The summed E-state index contributed by atoms with van der Waals surface area (Å²) in [5.41, 5.74) is 3.63. The number of amides is 2. The fourth-order valence-electron chi connectivity index (χ4n) is 2.72. The second-order valence-electron chi connectivity index (χ2n) is 7.51. The molecule has 0 aromatic heterocycles. The number of nitrogens with zero attached hydrogens (tertiary/aromatic N) is 1. The van der Waals surface area contributed by atoms with Crippen LogP contribution in [0.3, 0.4) is 0 Å². The number of ether oxygens (including phenoxy) is 2. The molecule has 2 rings (SSSR count). The minimum atomic E-state index is -0.753. The number of benzene rings is 2. The van der Waals surface area contributed by atoms with Gasteiger partial charge in [-0.25, -0.2) is 5.43 Å². The zero-order chi connectivity index (χ0) is 23.0. The standard InChI is InChI=1S/C23H28ClN3O4/c1-14(2)21(26-22(28)17-7-9-18(24)10-8-17)23(29)27-25-13-16-6-11-19(31-15(3)4)20(12-16)30-5/h6-15,21H,1-5H3,(H,26,28)(H,27,29). The molecule has 166 valence electrons. The average Bonchev–Trinajstić information content (AvgIpc) is 2.72. The molecule has 0 aliphatic heterocycles. The molecule has 0 fully saturated rings. The van der Waals surface area contributed by atoms with Crippen molar-refractivity contribution in [3.63, 3.8) is 0 Å². The molecule has 31 heavy (non-hydrogen) atoms. The maximum absolute atomic E-state index is 12.6. The number of nitrogens with one attached hydrogen (secondary N) is 2. The molecule has 2 amide bonds. The van der Waals surface area contributed by atoms with Gasteiger partial charge in [0.1, 0.15) is 6.04 Å². The second-order valence-corrected chi connectivity index (χ2v) is 7.95. The molecule has 7 nitrogen and oxygen atoms in total. The Morgan fingerprint density at radius 1 is 1.03 bits per heavy atom. The first-order valence-corrected chi connectivity index (χ1v) is 10.3. The van der Waals surface area contributed by atoms with Crippen LogP contribution in [0.4, 0.5) is 0 Å². The van der Waals surface area contributed by atoms with Crippen molar-refractivity contribution < 1.29 is 19.1 Å². The topological polar surface area (TPSA) is 89.0 Å². The number of hydrogen-bond acceptors (Lipinski definition) is 5. The number of halogens is 1. The van der Waals surface area contributed by atoms with Gasteiger partial charge in [-0.15, -0.1) is 0 Å². The van der Waals surface area contributed by atoms with E-state index in [0.717, 1.165) is 5.56 Å². The van der Waals surface area contributed by atoms with Crippen LogP contribution in [0.5, 0.6) is 11.5 Å². The van der Waals surface area contributed by atoms with Gasteiger partial charge >= 0.3 is 0 Å². The van der Waals surface area contributed by atoms with Gasteiger partial charge in [0.15, 0.2) is 11.5 Å². The van der Waals surface area contributed by atoms with Gasteiger partial charge in [0.25, 0.3) is 11.8 Å². The van der Waals surface area contributed by atoms with E-state index < -0.39 is 11.9 Å². The van der Waals surface area contributed by atoms with Crippen LogP contribution in [-0.2, 0) is 4.79 Å². The molecule has 0 saturated heterocycles. The third-order valence-electron chi connectivity index (χ3n) is 4.28. The first-order valence-electron chi connectivity index (χ1n) is 9.95. The highest BCUT2D eigenvalue weighted by Gasteiger charge is 2.24. The van der Waals surface area contributed by atoms with Gasteiger partial charge in [0.2, 0.25) is 0 Å². The first kappa shape index (κ1) is 24.2. The largest absolute Gasteiger partial charge is 0.493 e. The number of rotatable bonds is 9. The Kier molecular flexibility index (Phi) is 8.88. The van der Waals surface area contributed by atoms with E-state index in [1.807, 2.05) is 27.7 Å². The van der Waals surface area contributed by atoms with E-state index in [1.165, 1.54) is 6.21 Å². The Morgan fingerprint density at radius 3 is 2.29 bits per heavy atom. The summed E-state index contributed by atoms with van der Waals surface area (Å²) in [6, 6.07) is 11.0. The summed E-state index contributed by atoms with van der Waals surface area (Å²) in [5.74, 6) is 0.280. The molecular formula is C23H28ClN3O4. The lowest BCUT2D eigenvalue weighted by Gasteiger charge is -2.20. The summed E-state index contributed by atoms with van der Waals surface area (Å²) >= 11 is 5.85. The molecule has 8 heteroatoms. The summed E-state index contributed by atoms with van der Waals surface area (Å²) in [6.45, 7) is 7.55. The van der Waals surface area contributed by atoms with E-state index in [9.17, 15) is 9.59 Å². The minimum Gasteiger partial charge on any atom is -0.493 e. The van der Waals surface area contributed by atoms with Crippen molar-refractivity contribution >= 4 is 29.6 Å². The lowest BCUT2D eigenvalue weighted by Crippen LogP contribution is -2.48. The molecule has 1 unspecified atom stereocenters. The van der Waals surface area contributed by atoms with Gasteiger partial charge in [0, 0.05) is 10.6 Å². The Balaban J connectivity index is 2.03. The first-order chi connectivity index (χ1) is 14.7. The molecule has 0 aliphatic rings. The van der Waals surface area contributed by atoms with E-state index in [2.05, 4.69) is 15.8 Å². The van der Waals surface area contributed by atoms with Crippen LogP contribution in [0, 0.1) is 5.92 Å². The van der Waals surface area contributed by atoms with E-state index >= 15 is 0 Å². The molecule has 1 atom stereocenters. The van der Waals surface area contributed by atoms with Gasteiger partial charge in [-0.1, -0.05) is 25.4 Å². The molecule has 2 aromatic rings. The molecule has 0 spiro atoms. The third-order valence-corrected chi connectivity index (χ3v) is 4.53. The lowest BCUT2D eigenvalue weighted by molar-refractivity contribution is -0.123. The Hall–Kier alpha value is -3.06. The normalized spacial score (nSPS) is 12.1. The van der Waals surface area contributed by atoms with Crippen LogP contribution in [0.2, 0.25) is 5.02 Å². The van der Waals surface area contributed by atoms with Crippen molar-refractivity contribution in [3.8, 4) is 11.5 Å². The van der Waals surface area contributed by atoms with Crippen molar-refractivity contribution in [1.29, 1.82) is 0 Å². The van der Waals surface area contributed by atoms with E-state index in [1.54, 1.807) is 49.6 Å². The molecule has 0 saturated carbocycles. The molecule has 2 N–H and O–H groups in total. The molecular weight excluding hydrogens is 418 g/mol. The highest BCUT2D eigenvalue weighted by Crippen LogP contribution is 2.28. The van der Waals surface area contributed by atoms with Crippen molar-refractivity contribution in [2.24, 2.45) is 11.0 Å². The molecule has 0 aliphatic carbocycles. The second kappa shape index (κ2) is 11.4. The molecule has 0 bridgehead atoms. The minimum absolute atomic E-state index is 0.0174. The van der Waals surface area contributed by atoms with Crippen molar-refractivity contribution in [2.75, 3.05) is 7.11 Å². The van der Waals surface area contributed by atoms with Gasteiger partial charge in [-0.2, -0.15) is 5.10 Å². The Morgan fingerprint density at radius 2 is 1.71 bits per heavy atom. The average molecular weight is 446 g/mol. The van der Waals surface area contributed by atoms with Gasteiger partial charge in [0.05, 0.1) is 19.4 Å². The number of hydrazone groups is 1. The van der Waals surface area contributed by atoms with Crippen LogP contribution < -0.4 is 20.2 Å². The Bertz CT molecular complexity index is 927. The number of hydrogen-bond donors (Lipinski definition) is 2. The monoisotopic (exact) mass is 445 g/mol. The number of carbonyl (C=O) groups excluding carboxylic acids is 2. The van der Waals surface area contributed by atoms with Gasteiger partial charge in [-0.3, -0.25) is 9.59 Å². The predicted octanol–water partition coefficient (Wildman–Crippen LogP) is 4.04. The molecule has 0 heterocycles. The summed E-state index contributed by atoms with van der Waals surface area (Å²) in [4.78, 5) is 25.0. The fourth-order valence-corrected chi connectivity index (χ4v) is 2.84. The zero-order valence-corrected chi connectivity index (χ0v) is 19.1. The van der Waals surface area contributed by atoms with Crippen molar-refractivity contribution in [2.45, 2.75) is 39.8 Å². The van der Waals surface area contributed by atoms with E-state index in [0.29, 0.717) is 22.1 Å². The maximum Gasteiger partial charge on any atom is 0.262 e. The van der Waals surface area contributed by atoms with Crippen molar-refractivity contribution in [1.82, 2.24) is 10.7 Å². The Labute approximate surface area is 187 Å². The van der Waals surface area contributed by atoms with Gasteiger partial charge < -0.3 is 14.8 Å². The van der Waals surface area contributed by atoms with Crippen molar-refractivity contribution in [3.05, 3.63) is 58.6 Å². The van der Waals surface area contributed by atoms with E-state index in [-0.39, 0.29) is 17.9 Å². The van der Waals surface area contributed by atoms with Crippen LogP contribution in [-0.4, -0.2) is 37.3 Å². The summed E-state index contributed by atoms with van der Waals surface area (Å²) in [7, 11) is 1.56. The van der Waals surface area contributed by atoms with Crippen LogP contribution >= 0.6 is 11.6 Å². The maximum atomic E-state index is 12.6. The number of methoxy groups -OCH3 is 1. The van der Waals surface area contributed by atoms with Gasteiger partial charge in [-0.05, 0) is 67.8 Å². The predicted molar refractivity (Wildman–Crippen MR) is 122 cm³/mol. The summed E-state index contributed by atoms with van der Waals surface area (Å²) in [5, 5.41) is 7.28. The summed E-state index contributed by atoms with van der Waals surface area (Å²) < 4.78 is 11.0. The zero-order valence-electron chi connectivity index (χ0n) is 18.3. The number of carbonyl (C=O) groups is 2. The third kappa shape index (κ3) is 7.29. The quantitative estimate of drug-likeness (QED) is 0.450. The molecule has 0 radical (unpaired) electrons. The highest BCUT2D eigenvalue weighted by molar-refractivity contribution is 6.30. The van der Waals surface area contributed by atoms with Crippen LogP contribution in [0.15, 0.2) is 47.6 Å². The van der Waals surface area contributed by atoms with E-state index in [4.69, 9.17) is 21.1 Å². The van der Waals surface area contributed by atoms with Crippen LogP contribution in [0.25, 0.3) is 0 Å². The molecule has 2 aromatic carbocycles. The fraction of sp³-hybridized carbons (Fsp3) is 0.348. The SMILES string of the molecule is COc1cc(C=NNC(=O)C(NC(=O)c2ccc(Cl)cc2)C(C)C)ccc1OC(C)C. The lowest BCUT2D eigenvalue weighted by atomic mass is 10.0. The highest BCUT2D eigenvalue weighted by atomic mass is 35.5.